The van der Waals surface area contributed by atoms with Crippen LogP contribution in [0.3, 0.4) is 0 Å². The topological polar surface area (TPSA) is 44.8 Å². The first kappa shape index (κ1) is 17.0. The Hall–Kier alpha value is -0.810. The van der Waals surface area contributed by atoms with Crippen molar-refractivity contribution in [3.8, 4) is 0 Å². The van der Waals surface area contributed by atoms with E-state index in [1.807, 2.05) is 4.90 Å². The van der Waals surface area contributed by atoms with Crippen molar-refractivity contribution in [3.63, 3.8) is 0 Å². The van der Waals surface area contributed by atoms with Crippen LogP contribution in [0.15, 0.2) is 0 Å². The van der Waals surface area contributed by atoms with Gasteiger partial charge in [0.25, 0.3) is 0 Å². The molecule has 0 spiro atoms. The maximum Gasteiger partial charge on any atom is 0.317 e. The standard InChI is InChI=1S/C18H33N3O2/c1-20(2)16(15-7-5-4-6-8-15)11-19-17(22)21-12-14-9-18(10-14,13-21)23-3/h14-16H,4-13H2,1-3H3,(H,19,22). The van der Waals surface area contributed by atoms with Crippen molar-refractivity contribution in [2.75, 3.05) is 40.8 Å². The van der Waals surface area contributed by atoms with Crippen LogP contribution in [0.25, 0.3) is 0 Å². The highest BCUT2D eigenvalue weighted by atomic mass is 16.5. The summed E-state index contributed by atoms with van der Waals surface area (Å²) in [6, 6.07) is 0.549. The van der Waals surface area contributed by atoms with Gasteiger partial charge in [-0.15, -0.1) is 0 Å². The molecule has 0 aromatic heterocycles. The van der Waals surface area contributed by atoms with Crippen LogP contribution in [-0.4, -0.2) is 68.3 Å². The Balaban J connectivity index is 1.51. The van der Waals surface area contributed by atoms with Crippen molar-refractivity contribution in [1.29, 1.82) is 0 Å². The molecule has 2 aliphatic carbocycles. The Morgan fingerprint density at radius 3 is 2.61 bits per heavy atom. The molecule has 0 aromatic rings. The zero-order valence-electron chi connectivity index (χ0n) is 15.0. The number of nitrogens with one attached hydrogen (secondary N) is 1. The van der Waals surface area contributed by atoms with E-state index in [1.54, 1.807) is 7.11 Å². The molecular formula is C18H33N3O2. The zero-order valence-corrected chi connectivity index (χ0v) is 15.0. The molecular weight excluding hydrogens is 290 g/mol. The van der Waals surface area contributed by atoms with E-state index in [-0.39, 0.29) is 11.6 Å². The zero-order chi connectivity index (χ0) is 16.4. The molecule has 5 heteroatoms. The van der Waals surface area contributed by atoms with Crippen LogP contribution >= 0.6 is 0 Å². The van der Waals surface area contributed by atoms with E-state index in [0.717, 1.165) is 38.4 Å². The summed E-state index contributed by atoms with van der Waals surface area (Å²) in [5, 5.41) is 3.20. The number of likely N-dealkylation sites (N-methyl/N-ethyl adjacent to an activating group) is 1. The molecule has 4 rings (SSSR count). The fourth-order valence-corrected chi connectivity index (χ4v) is 4.95. The number of urea groups is 1. The second-order valence-electron chi connectivity index (χ2n) is 8.16. The van der Waals surface area contributed by atoms with Gasteiger partial charge in [0.15, 0.2) is 0 Å². The third-order valence-corrected chi connectivity index (χ3v) is 6.32. The monoisotopic (exact) mass is 323 g/mol. The number of hydrogen-bond acceptors (Lipinski definition) is 3. The number of piperidine rings is 2. The van der Waals surface area contributed by atoms with Crippen LogP contribution in [0.4, 0.5) is 4.79 Å². The van der Waals surface area contributed by atoms with Crippen molar-refractivity contribution >= 4 is 6.03 Å². The van der Waals surface area contributed by atoms with Crippen LogP contribution in [0.5, 0.6) is 0 Å². The fraction of sp³-hybridized carbons (Fsp3) is 0.944. The highest BCUT2D eigenvalue weighted by Crippen LogP contribution is 2.45. The van der Waals surface area contributed by atoms with Crippen molar-refractivity contribution < 1.29 is 9.53 Å². The van der Waals surface area contributed by atoms with Gasteiger partial charge in [-0.2, -0.15) is 0 Å². The molecule has 5 nitrogen and oxygen atoms in total. The molecule has 2 bridgehead atoms. The van der Waals surface area contributed by atoms with E-state index in [0.29, 0.717) is 12.0 Å². The molecule has 4 fully saturated rings. The summed E-state index contributed by atoms with van der Waals surface area (Å²) in [6.07, 6.45) is 8.90. The Morgan fingerprint density at radius 2 is 2.00 bits per heavy atom. The van der Waals surface area contributed by atoms with E-state index in [4.69, 9.17) is 4.74 Å². The van der Waals surface area contributed by atoms with Crippen molar-refractivity contribution in [2.24, 2.45) is 11.8 Å². The van der Waals surface area contributed by atoms with E-state index in [2.05, 4.69) is 24.3 Å². The van der Waals surface area contributed by atoms with Crippen molar-refractivity contribution in [3.05, 3.63) is 0 Å². The molecule has 4 aliphatic rings. The maximum absolute atomic E-state index is 12.6. The van der Waals surface area contributed by atoms with Crippen molar-refractivity contribution in [2.45, 2.75) is 56.6 Å². The number of carbonyl (C=O) groups excluding carboxylic acids is 1. The molecule has 2 saturated carbocycles. The quantitative estimate of drug-likeness (QED) is 0.844. The predicted octanol–water partition coefficient (Wildman–Crippen LogP) is 2.32. The molecule has 0 radical (unpaired) electrons. The first-order chi connectivity index (χ1) is 11.0. The molecule has 2 saturated heterocycles. The summed E-state index contributed by atoms with van der Waals surface area (Å²) in [6.45, 7) is 2.41. The number of ether oxygens (including phenoxy) is 1. The van der Waals surface area contributed by atoms with Gasteiger partial charge in [-0.25, -0.2) is 4.79 Å². The molecule has 2 amide bonds. The molecule has 0 aromatic carbocycles. The number of nitrogens with zero attached hydrogens (tertiary/aromatic N) is 2. The van der Waals surface area contributed by atoms with E-state index in [1.165, 1.54) is 32.1 Å². The SMILES string of the molecule is COC12CC(CN(C(=O)NCC(C3CCCCC3)N(C)C)C1)C2. The average molecular weight is 323 g/mol. The first-order valence-electron chi connectivity index (χ1n) is 9.27. The van der Waals surface area contributed by atoms with Crippen LogP contribution in [0, 0.1) is 11.8 Å². The van der Waals surface area contributed by atoms with Gasteiger partial charge >= 0.3 is 6.03 Å². The van der Waals surface area contributed by atoms with Crippen LogP contribution in [0.1, 0.15) is 44.9 Å². The smallest absolute Gasteiger partial charge is 0.317 e. The highest BCUT2D eigenvalue weighted by Gasteiger charge is 2.51. The van der Waals surface area contributed by atoms with Gasteiger partial charge in [-0.3, -0.25) is 0 Å². The molecule has 1 atom stereocenters. The van der Waals surface area contributed by atoms with E-state index in [9.17, 15) is 4.79 Å². The van der Waals surface area contributed by atoms with Gasteiger partial charge in [0.1, 0.15) is 0 Å². The lowest BCUT2D eigenvalue weighted by Crippen LogP contribution is -2.64. The van der Waals surface area contributed by atoms with Crippen LogP contribution < -0.4 is 5.32 Å². The minimum absolute atomic E-state index is 0.0510. The second kappa shape index (κ2) is 6.98. The van der Waals surface area contributed by atoms with Gasteiger partial charge in [-0.05, 0) is 51.6 Å². The normalized spacial score (nSPS) is 32.5. The lowest BCUT2D eigenvalue weighted by molar-refractivity contribution is -0.150. The van der Waals surface area contributed by atoms with Gasteiger partial charge in [0.05, 0.1) is 12.1 Å². The number of rotatable bonds is 5. The van der Waals surface area contributed by atoms with Gasteiger partial charge in [0, 0.05) is 26.2 Å². The maximum atomic E-state index is 12.6. The minimum Gasteiger partial charge on any atom is -0.376 e. The number of amides is 2. The summed E-state index contributed by atoms with van der Waals surface area (Å²) in [5.41, 5.74) is -0.0510. The highest BCUT2D eigenvalue weighted by molar-refractivity contribution is 5.74. The van der Waals surface area contributed by atoms with Gasteiger partial charge in [0.2, 0.25) is 0 Å². The molecule has 2 aliphatic heterocycles. The molecule has 1 unspecified atom stereocenters. The second-order valence-corrected chi connectivity index (χ2v) is 8.16. The third kappa shape index (κ3) is 3.66. The molecule has 23 heavy (non-hydrogen) atoms. The first-order valence-corrected chi connectivity index (χ1v) is 9.27. The Labute approximate surface area is 140 Å². The van der Waals surface area contributed by atoms with E-state index >= 15 is 0 Å². The van der Waals surface area contributed by atoms with E-state index < -0.39 is 0 Å². The summed E-state index contributed by atoms with van der Waals surface area (Å²) < 4.78 is 5.65. The predicted molar refractivity (Wildman–Crippen MR) is 91.5 cm³/mol. The van der Waals surface area contributed by atoms with Crippen LogP contribution in [0.2, 0.25) is 0 Å². The number of fused-ring (bicyclic) bond motifs is 2. The molecule has 2 heterocycles. The number of methoxy groups -OCH3 is 1. The Morgan fingerprint density at radius 1 is 1.30 bits per heavy atom. The Bertz CT molecular complexity index is 414. The molecule has 132 valence electrons. The molecule has 1 N–H and O–H groups in total. The lowest BCUT2D eigenvalue weighted by Gasteiger charge is -2.55. The average Bonchev–Trinajstić information content (AvgIpc) is 2.54. The summed E-state index contributed by atoms with van der Waals surface area (Å²) >= 11 is 0. The minimum atomic E-state index is -0.0510. The number of carbonyl (C=O) groups is 1. The van der Waals surface area contributed by atoms with Crippen LogP contribution in [-0.2, 0) is 4.74 Å². The Kier molecular flexibility index (Phi) is 5.16. The summed E-state index contributed by atoms with van der Waals surface area (Å²) in [7, 11) is 6.06. The third-order valence-electron chi connectivity index (χ3n) is 6.32. The fourth-order valence-electron chi connectivity index (χ4n) is 4.95. The summed E-state index contributed by atoms with van der Waals surface area (Å²) in [5.74, 6) is 1.36. The van der Waals surface area contributed by atoms with Crippen molar-refractivity contribution in [1.82, 2.24) is 15.1 Å². The van der Waals surface area contributed by atoms with Gasteiger partial charge in [-0.1, -0.05) is 19.3 Å². The summed E-state index contributed by atoms with van der Waals surface area (Å²) in [4.78, 5) is 16.8. The lowest BCUT2D eigenvalue weighted by atomic mass is 9.67. The van der Waals surface area contributed by atoms with Gasteiger partial charge < -0.3 is 19.9 Å². The largest absolute Gasteiger partial charge is 0.376 e. The number of hydrogen-bond donors (Lipinski definition) is 1.